The molecule has 2 fully saturated rings. The van der Waals surface area contributed by atoms with E-state index in [0.717, 1.165) is 25.7 Å². The van der Waals surface area contributed by atoms with Gasteiger partial charge >= 0.3 is 0 Å². The van der Waals surface area contributed by atoms with Crippen LogP contribution in [0.1, 0.15) is 32.1 Å². The molecule has 0 aromatic rings. The van der Waals surface area contributed by atoms with Crippen molar-refractivity contribution in [1.82, 2.24) is 9.21 Å². The van der Waals surface area contributed by atoms with Crippen LogP contribution in [0.25, 0.3) is 0 Å². The summed E-state index contributed by atoms with van der Waals surface area (Å²) in [5.41, 5.74) is 0. The molecule has 0 atom stereocenters. The molecule has 0 unspecified atom stereocenters. The van der Waals surface area contributed by atoms with E-state index in [1.165, 1.54) is 6.42 Å². The summed E-state index contributed by atoms with van der Waals surface area (Å²) in [7, 11) is -3.10. The highest BCUT2D eigenvalue weighted by Gasteiger charge is 2.34. The zero-order valence-electron chi connectivity index (χ0n) is 10.7. The van der Waals surface area contributed by atoms with Crippen molar-refractivity contribution in [2.45, 2.75) is 37.4 Å². The number of piperazine rings is 1. The summed E-state index contributed by atoms with van der Waals surface area (Å²) in [5.74, 6) is 0. The fourth-order valence-electron chi connectivity index (χ4n) is 2.82. The molecule has 102 valence electrons. The zero-order chi connectivity index (χ0) is 13.0. The molecule has 2 aliphatic rings. The third kappa shape index (κ3) is 3.02. The molecule has 1 saturated heterocycles. The second kappa shape index (κ2) is 6.00. The first-order valence-electron chi connectivity index (χ1n) is 6.73. The van der Waals surface area contributed by atoms with Crippen molar-refractivity contribution in [1.29, 1.82) is 5.26 Å². The topological polar surface area (TPSA) is 64.4 Å². The summed E-state index contributed by atoms with van der Waals surface area (Å²) in [6.45, 7) is 2.84. The van der Waals surface area contributed by atoms with Gasteiger partial charge in [0.2, 0.25) is 10.0 Å². The maximum Gasteiger partial charge on any atom is 0.217 e. The van der Waals surface area contributed by atoms with Crippen molar-refractivity contribution in [3.63, 3.8) is 0 Å². The highest BCUT2D eigenvalue weighted by Crippen LogP contribution is 2.26. The van der Waals surface area contributed by atoms with Crippen molar-refractivity contribution in [3.8, 4) is 6.07 Å². The van der Waals surface area contributed by atoms with Crippen LogP contribution in [0.2, 0.25) is 0 Å². The lowest BCUT2D eigenvalue weighted by Gasteiger charge is -2.35. The van der Waals surface area contributed by atoms with Crippen LogP contribution >= 0.6 is 0 Å². The van der Waals surface area contributed by atoms with E-state index in [-0.39, 0.29) is 5.25 Å². The van der Waals surface area contributed by atoms with Crippen molar-refractivity contribution in [3.05, 3.63) is 0 Å². The summed E-state index contributed by atoms with van der Waals surface area (Å²) in [6, 6.07) is 2.11. The molecule has 1 aliphatic carbocycles. The Labute approximate surface area is 109 Å². The van der Waals surface area contributed by atoms with Crippen molar-refractivity contribution in [2.75, 3.05) is 32.7 Å². The number of sulfonamides is 1. The van der Waals surface area contributed by atoms with E-state index in [1.807, 2.05) is 4.90 Å². The molecular formula is C12H21N3O2S. The Kier molecular flexibility index (Phi) is 4.60. The highest BCUT2D eigenvalue weighted by atomic mass is 32.2. The molecule has 2 rings (SSSR count). The van der Waals surface area contributed by atoms with Gasteiger partial charge in [-0.3, -0.25) is 4.90 Å². The molecule has 5 nitrogen and oxygen atoms in total. The Bertz CT molecular complexity index is 402. The van der Waals surface area contributed by atoms with Crippen LogP contribution in [0.5, 0.6) is 0 Å². The van der Waals surface area contributed by atoms with Gasteiger partial charge in [-0.15, -0.1) is 0 Å². The van der Waals surface area contributed by atoms with Crippen molar-refractivity contribution >= 4 is 10.0 Å². The third-order valence-electron chi connectivity index (χ3n) is 3.96. The average Bonchev–Trinajstić information content (AvgIpc) is 2.41. The molecule has 1 saturated carbocycles. The quantitative estimate of drug-likeness (QED) is 0.712. The van der Waals surface area contributed by atoms with Crippen LogP contribution < -0.4 is 0 Å². The Morgan fingerprint density at radius 2 is 1.67 bits per heavy atom. The minimum absolute atomic E-state index is 0.159. The normalized spacial score (nSPS) is 24.8. The van der Waals surface area contributed by atoms with Gasteiger partial charge in [0.25, 0.3) is 0 Å². The molecule has 1 aliphatic heterocycles. The molecule has 0 bridgehead atoms. The van der Waals surface area contributed by atoms with E-state index in [9.17, 15) is 8.42 Å². The van der Waals surface area contributed by atoms with Crippen LogP contribution in [-0.4, -0.2) is 55.6 Å². The molecule has 0 N–H and O–H groups in total. The number of rotatable bonds is 3. The van der Waals surface area contributed by atoms with Crippen LogP contribution in [0, 0.1) is 11.3 Å². The van der Waals surface area contributed by atoms with Gasteiger partial charge in [0.15, 0.2) is 0 Å². The Hall–Kier alpha value is -0.640. The molecule has 6 heteroatoms. The minimum atomic E-state index is -3.10. The maximum absolute atomic E-state index is 12.4. The van der Waals surface area contributed by atoms with Crippen molar-refractivity contribution < 1.29 is 8.42 Å². The lowest BCUT2D eigenvalue weighted by atomic mass is 10.0. The van der Waals surface area contributed by atoms with Crippen LogP contribution in [0.15, 0.2) is 0 Å². The number of nitriles is 1. The predicted molar refractivity (Wildman–Crippen MR) is 69.4 cm³/mol. The van der Waals surface area contributed by atoms with Crippen LogP contribution in [0.3, 0.4) is 0 Å². The second-order valence-corrected chi connectivity index (χ2v) is 7.35. The van der Waals surface area contributed by atoms with E-state index in [4.69, 9.17) is 5.26 Å². The number of hydrogen-bond donors (Lipinski definition) is 0. The molecular weight excluding hydrogens is 250 g/mol. The van der Waals surface area contributed by atoms with Gasteiger partial charge in [-0.05, 0) is 12.8 Å². The number of hydrogen-bond acceptors (Lipinski definition) is 4. The SMILES string of the molecule is N#CCN1CCN(S(=O)(=O)C2CCCCC2)CC1. The van der Waals surface area contributed by atoms with Crippen LogP contribution in [-0.2, 0) is 10.0 Å². The van der Waals surface area contributed by atoms with E-state index in [0.29, 0.717) is 32.7 Å². The maximum atomic E-state index is 12.4. The Morgan fingerprint density at radius 1 is 1.06 bits per heavy atom. The fourth-order valence-corrected chi connectivity index (χ4v) is 4.84. The fraction of sp³-hybridized carbons (Fsp3) is 0.917. The Morgan fingerprint density at radius 3 is 2.22 bits per heavy atom. The first-order chi connectivity index (χ1) is 8.64. The van der Waals surface area contributed by atoms with E-state index in [2.05, 4.69) is 6.07 Å². The van der Waals surface area contributed by atoms with Crippen LogP contribution in [0.4, 0.5) is 0 Å². The van der Waals surface area contributed by atoms with Gasteiger partial charge in [0.05, 0.1) is 17.9 Å². The zero-order valence-corrected chi connectivity index (χ0v) is 11.5. The van der Waals surface area contributed by atoms with Crippen molar-refractivity contribution in [2.24, 2.45) is 0 Å². The summed E-state index contributed by atoms with van der Waals surface area (Å²) < 4.78 is 26.5. The molecule has 0 spiro atoms. The first-order valence-corrected chi connectivity index (χ1v) is 8.23. The molecule has 18 heavy (non-hydrogen) atoms. The molecule has 1 heterocycles. The van der Waals surface area contributed by atoms with Gasteiger partial charge in [-0.25, -0.2) is 8.42 Å². The van der Waals surface area contributed by atoms with E-state index in [1.54, 1.807) is 4.31 Å². The molecule has 0 amide bonds. The Balaban J connectivity index is 1.93. The monoisotopic (exact) mass is 271 g/mol. The van der Waals surface area contributed by atoms with E-state index >= 15 is 0 Å². The minimum Gasteiger partial charge on any atom is -0.288 e. The summed E-state index contributed by atoms with van der Waals surface area (Å²) >= 11 is 0. The average molecular weight is 271 g/mol. The molecule has 0 aromatic heterocycles. The highest BCUT2D eigenvalue weighted by molar-refractivity contribution is 7.89. The molecule has 0 radical (unpaired) electrons. The summed E-state index contributed by atoms with van der Waals surface area (Å²) in [4.78, 5) is 2.01. The van der Waals surface area contributed by atoms with E-state index < -0.39 is 10.0 Å². The van der Waals surface area contributed by atoms with Gasteiger partial charge in [0, 0.05) is 26.2 Å². The second-order valence-electron chi connectivity index (χ2n) is 5.14. The van der Waals surface area contributed by atoms with Gasteiger partial charge in [-0.1, -0.05) is 19.3 Å². The summed E-state index contributed by atoms with van der Waals surface area (Å²) in [6.07, 6.45) is 4.89. The van der Waals surface area contributed by atoms with Gasteiger partial charge in [-0.2, -0.15) is 9.57 Å². The first kappa shape index (κ1) is 13.8. The van der Waals surface area contributed by atoms with Gasteiger partial charge in [0.1, 0.15) is 0 Å². The van der Waals surface area contributed by atoms with Gasteiger partial charge < -0.3 is 0 Å². The lowest BCUT2D eigenvalue weighted by Crippen LogP contribution is -2.51. The third-order valence-corrected chi connectivity index (χ3v) is 6.36. The predicted octanol–water partition coefficient (Wildman–Crippen LogP) is 0.790. The standard InChI is InChI=1S/C12H21N3O2S/c13-6-7-14-8-10-15(11-9-14)18(16,17)12-4-2-1-3-5-12/h12H,1-5,7-11H2. The number of nitrogens with zero attached hydrogens (tertiary/aromatic N) is 3. The smallest absolute Gasteiger partial charge is 0.217 e. The molecule has 0 aromatic carbocycles. The summed E-state index contributed by atoms with van der Waals surface area (Å²) in [5, 5.41) is 8.47. The lowest BCUT2D eigenvalue weighted by molar-refractivity contribution is 0.204. The largest absolute Gasteiger partial charge is 0.288 e.